The summed E-state index contributed by atoms with van der Waals surface area (Å²) in [4.78, 5) is 0. The van der Waals surface area contributed by atoms with Crippen molar-refractivity contribution in [2.75, 3.05) is 0 Å². The van der Waals surface area contributed by atoms with Gasteiger partial charge in [-0.3, -0.25) is 0 Å². The Morgan fingerprint density at radius 2 is 1.48 bits per heavy atom. The predicted molar refractivity (Wildman–Crippen MR) is 103 cm³/mol. The number of rotatable bonds is 3. The largest absolute Gasteiger partial charge is 0.207 e. The van der Waals surface area contributed by atoms with Crippen molar-refractivity contribution in [2.24, 2.45) is 0 Å². The van der Waals surface area contributed by atoms with Crippen LogP contribution in [0, 0.1) is 18.6 Å². The van der Waals surface area contributed by atoms with Crippen molar-refractivity contribution in [3.05, 3.63) is 77.9 Å². The SMILES string of the molecule is CCC[Si@]1(c2cc(F)cc(F)c2)c2ccccc2-c2ccc(C)cc21. The lowest BCUT2D eigenvalue weighted by Gasteiger charge is -2.30. The monoisotopic (exact) mass is 350 g/mol. The highest BCUT2D eigenvalue weighted by atomic mass is 28.3. The Balaban J connectivity index is 2.12. The number of halogens is 2. The number of fused-ring (bicyclic) bond motifs is 3. The van der Waals surface area contributed by atoms with Gasteiger partial charge in [-0.1, -0.05) is 61.4 Å². The summed E-state index contributed by atoms with van der Waals surface area (Å²) in [7, 11) is -2.42. The topological polar surface area (TPSA) is 0 Å². The standard InChI is InChI=1S/C22H20F2Si/c1-3-10-25(18-13-16(23)12-17(24)14-18)21-7-5-4-6-19(21)20-9-8-15(2)11-22(20)25/h4-9,11-14H,3,10H2,1-2H3/t25-/m0/s1. The molecule has 0 aromatic heterocycles. The summed E-state index contributed by atoms with van der Waals surface area (Å²) in [5, 5.41) is 3.41. The van der Waals surface area contributed by atoms with Crippen LogP contribution in [0.1, 0.15) is 18.9 Å². The zero-order valence-electron chi connectivity index (χ0n) is 14.4. The smallest absolute Gasteiger partial charge is 0.150 e. The normalized spacial score (nSPS) is 18.1. The van der Waals surface area contributed by atoms with Crippen LogP contribution in [0.4, 0.5) is 8.78 Å². The van der Waals surface area contributed by atoms with Crippen LogP contribution in [-0.4, -0.2) is 8.07 Å². The minimum atomic E-state index is -2.42. The third-order valence-corrected chi connectivity index (χ3v) is 10.5. The highest BCUT2D eigenvalue weighted by molar-refractivity contribution is 7.14. The molecule has 0 radical (unpaired) electrons. The van der Waals surface area contributed by atoms with Gasteiger partial charge in [-0.15, -0.1) is 0 Å². The van der Waals surface area contributed by atoms with Gasteiger partial charge in [-0.25, -0.2) is 8.78 Å². The maximum absolute atomic E-state index is 14.1. The van der Waals surface area contributed by atoms with E-state index in [9.17, 15) is 8.78 Å². The molecule has 0 aliphatic carbocycles. The summed E-state index contributed by atoms with van der Waals surface area (Å²) in [5.41, 5.74) is 3.64. The summed E-state index contributed by atoms with van der Waals surface area (Å²) in [6, 6.07) is 20.0. The van der Waals surface area contributed by atoms with Crippen LogP contribution in [0.15, 0.2) is 60.7 Å². The van der Waals surface area contributed by atoms with Crippen molar-refractivity contribution in [1.82, 2.24) is 0 Å². The lowest BCUT2D eigenvalue weighted by molar-refractivity contribution is 0.585. The van der Waals surface area contributed by atoms with Gasteiger partial charge in [0.1, 0.15) is 19.7 Å². The van der Waals surface area contributed by atoms with Crippen molar-refractivity contribution in [3.8, 4) is 11.1 Å². The molecule has 4 rings (SSSR count). The molecule has 1 atom stereocenters. The first-order valence-electron chi connectivity index (χ1n) is 8.74. The summed E-state index contributed by atoms with van der Waals surface area (Å²) in [6.07, 6.45) is 0.978. The fraction of sp³-hybridized carbons (Fsp3) is 0.182. The van der Waals surface area contributed by atoms with Crippen molar-refractivity contribution in [2.45, 2.75) is 26.3 Å². The van der Waals surface area contributed by atoms with Gasteiger partial charge in [0.2, 0.25) is 0 Å². The number of benzene rings is 3. The lowest BCUT2D eigenvalue weighted by Crippen LogP contribution is -2.64. The van der Waals surface area contributed by atoms with Gasteiger partial charge in [0.25, 0.3) is 0 Å². The van der Waals surface area contributed by atoms with Gasteiger partial charge in [0.15, 0.2) is 0 Å². The highest BCUT2D eigenvalue weighted by Crippen LogP contribution is 2.31. The molecule has 0 N–H and O–H groups in total. The van der Waals surface area contributed by atoms with Gasteiger partial charge in [-0.2, -0.15) is 0 Å². The lowest BCUT2D eigenvalue weighted by atomic mass is 10.0. The van der Waals surface area contributed by atoms with Gasteiger partial charge in [-0.05, 0) is 51.8 Å². The zero-order chi connectivity index (χ0) is 17.6. The van der Waals surface area contributed by atoms with Crippen LogP contribution >= 0.6 is 0 Å². The molecule has 3 heteroatoms. The van der Waals surface area contributed by atoms with E-state index in [1.165, 1.54) is 27.1 Å². The molecule has 0 saturated carbocycles. The van der Waals surface area contributed by atoms with E-state index >= 15 is 0 Å². The maximum atomic E-state index is 14.1. The minimum absolute atomic E-state index is 0.489. The molecule has 0 unspecified atom stereocenters. The first kappa shape index (κ1) is 16.2. The third-order valence-electron chi connectivity index (χ3n) is 5.29. The number of aryl methyl sites for hydroxylation is 1. The molecule has 126 valence electrons. The predicted octanol–water partition coefficient (Wildman–Crippen LogP) is 4.13. The second kappa shape index (κ2) is 5.92. The van der Waals surface area contributed by atoms with Crippen molar-refractivity contribution in [1.29, 1.82) is 0 Å². The van der Waals surface area contributed by atoms with E-state index in [4.69, 9.17) is 0 Å². The van der Waals surface area contributed by atoms with E-state index in [1.807, 2.05) is 12.1 Å². The van der Waals surface area contributed by atoms with Crippen LogP contribution in [0.2, 0.25) is 6.04 Å². The fourth-order valence-corrected chi connectivity index (χ4v) is 9.85. The van der Waals surface area contributed by atoms with E-state index in [-0.39, 0.29) is 0 Å². The zero-order valence-corrected chi connectivity index (χ0v) is 15.4. The van der Waals surface area contributed by atoms with Crippen molar-refractivity contribution in [3.63, 3.8) is 0 Å². The molecule has 0 amide bonds. The van der Waals surface area contributed by atoms with Crippen LogP contribution in [0.3, 0.4) is 0 Å². The molecule has 1 aliphatic heterocycles. The van der Waals surface area contributed by atoms with Crippen LogP contribution < -0.4 is 15.6 Å². The average molecular weight is 350 g/mol. The molecule has 3 aromatic rings. The summed E-state index contributed by atoms with van der Waals surface area (Å²) in [5.74, 6) is -0.979. The molecular formula is C22H20F2Si. The average Bonchev–Trinajstić information content (AvgIpc) is 2.85. The first-order chi connectivity index (χ1) is 12.1. The molecule has 0 bridgehead atoms. The van der Waals surface area contributed by atoms with Gasteiger partial charge in [0.05, 0.1) is 0 Å². The molecule has 3 aromatic carbocycles. The minimum Gasteiger partial charge on any atom is -0.207 e. The Morgan fingerprint density at radius 1 is 0.800 bits per heavy atom. The maximum Gasteiger partial charge on any atom is 0.150 e. The number of hydrogen-bond acceptors (Lipinski definition) is 0. The Bertz CT molecular complexity index is 944. The molecule has 1 aliphatic rings. The van der Waals surface area contributed by atoms with Crippen LogP contribution in [0.25, 0.3) is 11.1 Å². The third kappa shape index (κ3) is 2.37. The van der Waals surface area contributed by atoms with E-state index in [2.05, 4.69) is 44.2 Å². The van der Waals surface area contributed by atoms with Crippen molar-refractivity contribution < 1.29 is 8.78 Å². The van der Waals surface area contributed by atoms with E-state index < -0.39 is 19.7 Å². The van der Waals surface area contributed by atoms with E-state index in [0.717, 1.165) is 23.7 Å². The molecule has 0 nitrogen and oxygen atoms in total. The van der Waals surface area contributed by atoms with E-state index in [0.29, 0.717) is 0 Å². The van der Waals surface area contributed by atoms with Gasteiger partial charge in [0, 0.05) is 6.07 Å². The molecular weight excluding hydrogens is 330 g/mol. The Labute approximate surface area is 148 Å². The van der Waals surface area contributed by atoms with Crippen molar-refractivity contribution >= 4 is 23.6 Å². The van der Waals surface area contributed by atoms with E-state index in [1.54, 1.807) is 12.1 Å². The molecule has 1 heterocycles. The highest BCUT2D eigenvalue weighted by Gasteiger charge is 2.46. The van der Waals surface area contributed by atoms with Crippen LogP contribution in [-0.2, 0) is 0 Å². The summed E-state index contributed by atoms with van der Waals surface area (Å²) < 4.78 is 28.2. The Morgan fingerprint density at radius 3 is 2.20 bits per heavy atom. The second-order valence-electron chi connectivity index (χ2n) is 6.91. The number of hydrogen-bond donors (Lipinski definition) is 0. The van der Waals surface area contributed by atoms with Gasteiger partial charge < -0.3 is 0 Å². The molecule has 0 spiro atoms. The Hall–Kier alpha value is -2.26. The summed E-state index contributed by atoms with van der Waals surface area (Å²) in [6.45, 7) is 4.24. The molecule has 0 saturated heterocycles. The fourth-order valence-electron chi connectivity index (χ4n) is 4.38. The molecule has 0 fully saturated rings. The summed E-state index contributed by atoms with van der Waals surface area (Å²) >= 11 is 0. The second-order valence-corrected chi connectivity index (χ2v) is 10.9. The first-order valence-corrected chi connectivity index (χ1v) is 10.9. The Kier molecular flexibility index (Phi) is 3.84. The van der Waals surface area contributed by atoms with Crippen LogP contribution in [0.5, 0.6) is 0 Å². The molecule has 25 heavy (non-hydrogen) atoms. The quantitative estimate of drug-likeness (QED) is 0.623. The van der Waals surface area contributed by atoms with Gasteiger partial charge >= 0.3 is 0 Å².